The predicted molar refractivity (Wildman–Crippen MR) is 117 cm³/mol. The van der Waals surface area contributed by atoms with E-state index in [1.54, 1.807) is 31.4 Å². The van der Waals surface area contributed by atoms with Gasteiger partial charge in [-0.1, -0.05) is 30.3 Å². The fourth-order valence-electron chi connectivity index (χ4n) is 3.17. The summed E-state index contributed by atoms with van der Waals surface area (Å²) in [6.45, 7) is 7.27. The minimum Gasteiger partial charge on any atom is -0.317 e. The lowest BCUT2D eigenvalue weighted by molar-refractivity contribution is 0.304. The summed E-state index contributed by atoms with van der Waals surface area (Å²) in [5, 5.41) is 2.76. The van der Waals surface area contributed by atoms with E-state index in [9.17, 15) is 8.42 Å². The average Bonchev–Trinajstić information content (AvgIpc) is 3.27. The first-order valence-corrected chi connectivity index (χ1v) is 12.1. The molecule has 0 aliphatic heterocycles. The quantitative estimate of drug-likeness (QED) is 0.516. The van der Waals surface area contributed by atoms with E-state index in [1.165, 1.54) is 5.56 Å². The molecule has 0 aliphatic carbocycles. The largest absolute Gasteiger partial charge is 0.317 e. The van der Waals surface area contributed by atoms with E-state index in [4.69, 9.17) is 0 Å². The molecule has 0 unspecified atom stereocenters. The van der Waals surface area contributed by atoms with Crippen LogP contribution in [-0.2, 0) is 35.9 Å². The molecule has 2 heterocycles. The van der Waals surface area contributed by atoms with Crippen molar-refractivity contribution in [1.82, 2.24) is 19.4 Å². The topological polar surface area (TPSA) is 68.1 Å². The second kappa shape index (κ2) is 9.19. The Morgan fingerprint density at radius 1 is 1.17 bits per heavy atom. The van der Waals surface area contributed by atoms with Gasteiger partial charge in [-0.3, -0.25) is 4.90 Å². The summed E-state index contributed by atoms with van der Waals surface area (Å²) in [5.41, 5.74) is 3.10. The fraction of sp³-hybridized carbons (Fsp3) is 0.429. The minimum absolute atomic E-state index is 0.163. The third-order valence-electron chi connectivity index (χ3n) is 4.77. The number of thiazole rings is 1. The maximum atomic E-state index is 12.9. The van der Waals surface area contributed by atoms with Gasteiger partial charge in [0.1, 0.15) is 0 Å². The van der Waals surface area contributed by atoms with Crippen LogP contribution in [0, 0.1) is 6.92 Å². The second-order valence-electron chi connectivity index (χ2n) is 7.54. The lowest BCUT2D eigenvalue weighted by Gasteiger charge is -2.18. The third-order valence-corrected chi connectivity index (χ3v) is 7.67. The van der Waals surface area contributed by atoms with Crippen LogP contribution in [0.25, 0.3) is 0 Å². The highest BCUT2D eigenvalue weighted by Crippen LogP contribution is 2.20. The molecule has 0 fully saturated rings. The molecule has 6 nitrogen and oxygen atoms in total. The molecule has 0 saturated carbocycles. The van der Waals surface area contributed by atoms with Crippen molar-refractivity contribution >= 4 is 21.2 Å². The minimum atomic E-state index is -3.46. The Morgan fingerprint density at radius 3 is 2.52 bits per heavy atom. The highest BCUT2D eigenvalue weighted by atomic mass is 32.2. The number of sulfone groups is 1. The molecule has 0 saturated heterocycles. The molecule has 0 atom stereocenters. The molecule has 0 aliphatic rings. The van der Waals surface area contributed by atoms with E-state index < -0.39 is 15.1 Å². The molecule has 0 spiro atoms. The predicted octanol–water partition coefficient (Wildman–Crippen LogP) is 3.70. The smallest absolute Gasteiger partial charge is 0.228 e. The van der Waals surface area contributed by atoms with Gasteiger partial charge in [-0.2, -0.15) is 0 Å². The van der Waals surface area contributed by atoms with Gasteiger partial charge < -0.3 is 4.57 Å². The van der Waals surface area contributed by atoms with Gasteiger partial charge in [0.15, 0.2) is 0 Å². The summed E-state index contributed by atoms with van der Waals surface area (Å²) in [6, 6.07) is 10.1. The number of imidazole rings is 1. The van der Waals surface area contributed by atoms with Gasteiger partial charge >= 0.3 is 0 Å². The zero-order valence-electron chi connectivity index (χ0n) is 17.4. The number of hydrogen-bond acceptors (Lipinski definition) is 6. The van der Waals surface area contributed by atoms with Crippen LogP contribution in [0.3, 0.4) is 0 Å². The van der Waals surface area contributed by atoms with E-state index in [0.29, 0.717) is 19.6 Å². The summed E-state index contributed by atoms with van der Waals surface area (Å²) in [5.74, 6) is 0. The van der Waals surface area contributed by atoms with Crippen LogP contribution in [0.2, 0.25) is 0 Å². The molecule has 0 radical (unpaired) electrons. The summed E-state index contributed by atoms with van der Waals surface area (Å²) in [4.78, 5) is 11.0. The zero-order valence-corrected chi connectivity index (χ0v) is 19.0. The van der Waals surface area contributed by atoms with Gasteiger partial charge in [-0.15, -0.1) is 11.3 Å². The molecule has 3 rings (SSSR count). The van der Waals surface area contributed by atoms with E-state index in [2.05, 4.69) is 32.4 Å². The first-order valence-electron chi connectivity index (χ1n) is 9.69. The highest BCUT2D eigenvalue weighted by Gasteiger charge is 2.27. The fourth-order valence-corrected chi connectivity index (χ4v) is 4.91. The lowest BCUT2D eigenvalue weighted by Crippen LogP contribution is -2.23. The van der Waals surface area contributed by atoms with Crippen molar-refractivity contribution in [3.05, 3.63) is 63.9 Å². The third kappa shape index (κ3) is 5.32. The summed E-state index contributed by atoms with van der Waals surface area (Å²) >= 11 is 1.64. The van der Waals surface area contributed by atoms with E-state index in [-0.39, 0.29) is 5.16 Å². The number of nitrogens with zero attached hydrogens (tertiary/aromatic N) is 4. The van der Waals surface area contributed by atoms with Gasteiger partial charge in [-0.25, -0.2) is 18.4 Å². The van der Waals surface area contributed by atoms with E-state index >= 15 is 0 Å². The summed E-state index contributed by atoms with van der Waals surface area (Å²) in [7, 11) is -1.45. The summed E-state index contributed by atoms with van der Waals surface area (Å²) < 4.78 is 27.6. The first kappa shape index (κ1) is 21.7. The lowest BCUT2D eigenvalue weighted by atomic mass is 10.1. The van der Waals surface area contributed by atoms with Crippen molar-refractivity contribution in [3.63, 3.8) is 0 Å². The number of aromatic nitrogens is 3. The molecule has 8 heteroatoms. The van der Waals surface area contributed by atoms with Gasteiger partial charge in [0, 0.05) is 25.0 Å². The van der Waals surface area contributed by atoms with Gasteiger partial charge in [0.2, 0.25) is 15.0 Å². The van der Waals surface area contributed by atoms with Crippen molar-refractivity contribution in [2.45, 2.75) is 57.2 Å². The maximum Gasteiger partial charge on any atom is 0.228 e. The van der Waals surface area contributed by atoms with Gasteiger partial charge in [-0.05, 0) is 39.8 Å². The number of benzene rings is 1. The number of hydrogen-bond donors (Lipinski definition) is 0. The molecule has 0 amide bonds. The van der Waals surface area contributed by atoms with E-state index in [1.807, 2.05) is 36.7 Å². The van der Waals surface area contributed by atoms with Crippen LogP contribution >= 0.6 is 11.3 Å². The summed E-state index contributed by atoms with van der Waals surface area (Å²) in [6.07, 6.45) is 2.45. The van der Waals surface area contributed by atoms with Crippen LogP contribution in [0.5, 0.6) is 0 Å². The normalized spacial score (nSPS) is 12.2. The van der Waals surface area contributed by atoms with Crippen molar-refractivity contribution in [3.8, 4) is 0 Å². The Balaban J connectivity index is 1.84. The molecule has 3 aromatic rings. The van der Waals surface area contributed by atoms with Crippen molar-refractivity contribution in [2.24, 2.45) is 0 Å². The molecule has 2 aromatic heterocycles. The monoisotopic (exact) mass is 432 g/mol. The number of aryl methyl sites for hydroxylation is 2. The Bertz CT molecular complexity index is 1040. The molecule has 0 N–H and O–H groups in total. The molecular weight excluding hydrogens is 404 g/mol. The number of rotatable bonds is 9. The zero-order chi connectivity index (χ0) is 21.0. The highest BCUT2D eigenvalue weighted by molar-refractivity contribution is 7.91. The maximum absolute atomic E-state index is 12.9. The average molecular weight is 433 g/mol. The van der Waals surface area contributed by atoms with Gasteiger partial charge in [0.05, 0.1) is 27.8 Å². The Morgan fingerprint density at radius 2 is 1.90 bits per heavy atom. The molecule has 29 heavy (non-hydrogen) atoms. The van der Waals surface area contributed by atoms with Crippen LogP contribution in [-0.4, -0.2) is 40.2 Å². The molecular formula is C21H28N4O2S2. The Labute approximate surface area is 177 Å². The first-order chi connectivity index (χ1) is 13.8. The SMILES string of the molecule is Cc1nc(CN(C)Cc2cnc(S(=O)(=O)C(C)C)n2CCc2ccccc2)cs1. The Kier molecular flexibility index (Phi) is 6.87. The van der Waals surface area contributed by atoms with Crippen LogP contribution in [0.1, 0.15) is 35.8 Å². The molecule has 1 aromatic carbocycles. The standard InChI is InChI=1S/C21H28N4O2S2/c1-16(2)29(26,27)21-22-12-20(14-24(4)13-19-15-28-17(3)23-19)25(21)11-10-18-8-6-5-7-9-18/h5-9,12,15-16H,10-11,13-14H2,1-4H3. The van der Waals surface area contributed by atoms with E-state index in [0.717, 1.165) is 22.8 Å². The van der Waals surface area contributed by atoms with Crippen LogP contribution in [0.15, 0.2) is 47.1 Å². The van der Waals surface area contributed by atoms with Crippen molar-refractivity contribution in [2.75, 3.05) is 7.05 Å². The van der Waals surface area contributed by atoms with Crippen molar-refractivity contribution < 1.29 is 8.42 Å². The molecule has 0 bridgehead atoms. The van der Waals surface area contributed by atoms with Crippen molar-refractivity contribution in [1.29, 1.82) is 0 Å². The molecule has 156 valence electrons. The Hall–Kier alpha value is -2.03. The van der Waals surface area contributed by atoms with Gasteiger partial charge in [0.25, 0.3) is 0 Å². The van der Waals surface area contributed by atoms with Crippen LogP contribution < -0.4 is 0 Å². The second-order valence-corrected chi connectivity index (χ2v) is 11.0. The van der Waals surface area contributed by atoms with Crippen LogP contribution in [0.4, 0.5) is 0 Å².